The molecule has 0 fully saturated rings. The third kappa shape index (κ3) is 4.19. The van der Waals surface area contributed by atoms with Crippen molar-refractivity contribution in [2.45, 2.75) is 13.0 Å². The number of nitrogens with one attached hydrogen (secondary N) is 1. The van der Waals surface area contributed by atoms with Crippen molar-refractivity contribution < 1.29 is 9.47 Å². The summed E-state index contributed by atoms with van der Waals surface area (Å²) in [6.45, 7) is 4.67. The highest BCUT2D eigenvalue weighted by molar-refractivity contribution is 7.80. The van der Waals surface area contributed by atoms with Crippen LogP contribution in [0.3, 0.4) is 0 Å². The molecule has 0 aromatic heterocycles. The summed E-state index contributed by atoms with van der Waals surface area (Å²) in [5.74, 6) is 1.73. The second-order valence-corrected chi connectivity index (χ2v) is 6.68. The number of para-hydroxylation sites is 2. The first-order chi connectivity index (χ1) is 12.6. The highest BCUT2D eigenvalue weighted by atomic mass is 32.1. The van der Waals surface area contributed by atoms with Gasteiger partial charge in [-0.1, -0.05) is 18.2 Å². The van der Waals surface area contributed by atoms with Gasteiger partial charge in [0.15, 0.2) is 5.11 Å². The Morgan fingerprint density at radius 1 is 1.31 bits per heavy atom. The molecule has 0 amide bonds. The van der Waals surface area contributed by atoms with Gasteiger partial charge in [0, 0.05) is 25.3 Å². The van der Waals surface area contributed by atoms with Crippen molar-refractivity contribution >= 4 is 28.7 Å². The quantitative estimate of drug-likeness (QED) is 0.810. The molecule has 1 aliphatic rings. The van der Waals surface area contributed by atoms with Crippen LogP contribution in [-0.4, -0.2) is 49.9 Å². The monoisotopic (exact) mass is 371 g/mol. The maximum atomic E-state index is 6.18. The molecule has 26 heavy (non-hydrogen) atoms. The number of anilines is 2. The molecule has 5 nitrogen and oxygen atoms in total. The minimum atomic E-state index is 0.0555. The summed E-state index contributed by atoms with van der Waals surface area (Å²) in [5, 5.41) is 3.91. The average molecular weight is 372 g/mol. The van der Waals surface area contributed by atoms with E-state index in [4.69, 9.17) is 21.7 Å². The van der Waals surface area contributed by atoms with Crippen LogP contribution >= 0.6 is 12.2 Å². The van der Waals surface area contributed by atoms with Gasteiger partial charge in [-0.2, -0.15) is 0 Å². The van der Waals surface area contributed by atoms with Crippen molar-refractivity contribution in [1.29, 1.82) is 0 Å². The number of methoxy groups -OCH3 is 1. The van der Waals surface area contributed by atoms with Gasteiger partial charge in [0.2, 0.25) is 0 Å². The smallest absolute Gasteiger partial charge is 0.173 e. The van der Waals surface area contributed by atoms with E-state index in [-0.39, 0.29) is 6.10 Å². The zero-order chi connectivity index (χ0) is 18.5. The molecular formula is C20H25N3O2S. The van der Waals surface area contributed by atoms with Gasteiger partial charge < -0.3 is 24.6 Å². The van der Waals surface area contributed by atoms with Gasteiger partial charge in [-0.15, -0.1) is 0 Å². The number of thiocarbonyl (C=S) groups is 1. The molecule has 6 heteroatoms. The fraction of sp³-hybridized carbons (Fsp3) is 0.350. The lowest BCUT2D eigenvalue weighted by molar-refractivity contribution is 0.169. The van der Waals surface area contributed by atoms with Gasteiger partial charge in [-0.25, -0.2) is 0 Å². The second-order valence-electron chi connectivity index (χ2n) is 6.29. The summed E-state index contributed by atoms with van der Waals surface area (Å²) in [4.78, 5) is 4.36. The van der Waals surface area contributed by atoms with Crippen molar-refractivity contribution in [1.82, 2.24) is 4.90 Å². The predicted molar refractivity (Wildman–Crippen MR) is 111 cm³/mol. The van der Waals surface area contributed by atoms with Crippen LogP contribution in [-0.2, 0) is 0 Å². The fourth-order valence-electron chi connectivity index (χ4n) is 3.08. The van der Waals surface area contributed by atoms with E-state index in [1.807, 2.05) is 54.4 Å². The van der Waals surface area contributed by atoms with Crippen LogP contribution in [0.2, 0.25) is 0 Å². The maximum Gasteiger partial charge on any atom is 0.173 e. The number of hydrogen-bond donors (Lipinski definition) is 1. The third-order valence-corrected chi connectivity index (χ3v) is 4.86. The SMILES string of the molecule is CCN1C[C@@H](CN(C)C(=S)Nc2cccc(OC)c2)Oc2ccccc21. The zero-order valence-electron chi connectivity index (χ0n) is 15.4. The third-order valence-electron chi connectivity index (χ3n) is 4.45. The first-order valence-electron chi connectivity index (χ1n) is 8.77. The fourth-order valence-corrected chi connectivity index (χ4v) is 3.27. The molecule has 3 rings (SSSR count). The molecule has 0 radical (unpaired) electrons. The number of fused-ring (bicyclic) bond motifs is 1. The normalized spacial score (nSPS) is 15.7. The largest absolute Gasteiger partial charge is 0.497 e. The van der Waals surface area contributed by atoms with E-state index in [2.05, 4.69) is 23.2 Å². The summed E-state index contributed by atoms with van der Waals surface area (Å²) in [6, 6.07) is 15.9. The number of likely N-dealkylation sites (N-methyl/N-ethyl adjacent to an activating group) is 2. The van der Waals surface area contributed by atoms with Gasteiger partial charge >= 0.3 is 0 Å². The maximum absolute atomic E-state index is 6.18. The highest BCUT2D eigenvalue weighted by Gasteiger charge is 2.26. The van der Waals surface area contributed by atoms with Crippen LogP contribution in [0, 0.1) is 0 Å². The summed E-state index contributed by atoms with van der Waals surface area (Å²) >= 11 is 5.55. The summed E-state index contributed by atoms with van der Waals surface area (Å²) < 4.78 is 11.4. The van der Waals surface area contributed by atoms with E-state index >= 15 is 0 Å². The van der Waals surface area contributed by atoms with Crippen molar-refractivity contribution in [3.63, 3.8) is 0 Å². The molecule has 1 heterocycles. The number of rotatable bonds is 5. The van der Waals surface area contributed by atoms with Gasteiger partial charge in [0.25, 0.3) is 0 Å². The van der Waals surface area contributed by atoms with Crippen LogP contribution in [0.1, 0.15) is 6.92 Å². The average Bonchev–Trinajstić information content (AvgIpc) is 2.67. The number of nitrogens with zero attached hydrogens (tertiary/aromatic N) is 2. The lowest BCUT2D eigenvalue weighted by atomic mass is 10.2. The van der Waals surface area contributed by atoms with Crippen molar-refractivity contribution in [2.75, 3.05) is 44.0 Å². The topological polar surface area (TPSA) is 37.0 Å². The van der Waals surface area contributed by atoms with Crippen LogP contribution in [0.4, 0.5) is 11.4 Å². The molecule has 138 valence electrons. The Morgan fingerprint density at radius 3 is 2.88 bits per heavy atom. The minimum absolute atomic E-state index is 0.0555. The van der Waals surface area contributed by atoms with Gasteiger partial charge in [-0.3, -0.25) is 0 Å². The van der Waals surface area contributed by atoms with Crippen LogP contribution < -0.4 is 19.7 Å². The lowest BCUT2D eigenvalue weighted by Crippen LogP contribution is -2.47. The summed E-state index contributed by atoms with van der Waals surface area (Å²) in [6.07, 6.45) is 0.0555. The Morgan fingerprint density at radius 2 is 2.12 bits per heavy atom. The zero-order valence-corrected chi connectivity index (χ0v) is 16.3. The predicted octanol–water partition coefficient (Wildman–Crippen LogP) is 3.61. The van der Waals surface area contributed by atoms with E-state index in [9.17, 15) is 0 Å². The van der Waals surface area contributed by atoms with Crippen molar-refractivity contribution in [3.8, 4) is 11.5 Å². The Bertz CT molecular complexity index is 768. The van der Waals surface area contributed by atoms with Gasteiger partial charge in [-0.05, 0) is 43.4 Å². The molecule has 0 bridgehead atoms. The Labute approximate surface area is 160 Å². The molecule has 2 aromatic rings. The van der Waals surface area contributed by atoms with Gasteiger partial charge in [0.1, 0.15) is 17.6 Å². The van der Waals surface area contributed by atoms with Crippen LogP contribution in [0.5, 0.6) is 11.5 Å². The minimum Gasteiger partial charge on any atom is -0.497 e. The summed E-state index contributed by atoms with van der Waals surface area (Å²) in [7, 11) is 3.64. The van der Waals surface area contributed by atoms with Crippen molar-refractivity contribution in [2.24, 2.45) is 0 Å². The molecule has 1 atom stereocenters. The van der Waals surface area contributed by atoms with Crippen molar-refractivity contribution in [3.05, 3.63) is 48.5 Å². The molecule has 0 spiro atoms. The lowest BCUT2D eigenvalue weighted by Gasteiger charge is -2.37. The standard InChI is InChI=1S/C20H25N3O2S/c1-4-23-14-17(25-19-11-6-5-10-18(19)23)13-22(2)20(26)21-15-8-7-9-16(12-15)24-3/h5-12,17H,4,13-14H2,1-3H3,(H,21,26)/t17-/m1/s1. The molecule has 2 aromatic carbocycles. The van der Waals surface area contributed by atoms with E-state index in [1.54, 1.807) is 7.11 Å². The Balaban J connectivity index is 1.62. The Kier molecular flexibility index (Phi) is 5.83. The molecule has 0 saturated heterocycles. The molecule has 0 unspecified atom stereocenters. The highest BCUT2D eigenvalue weighted by Crippen LogP contribution is 2.32. The first-order valence-corrected chi connectivity index (χ1v) is 9.18. The number of ether oxygens (including phenoxy) is 2. The number of hydrogen-bond acceptors (Lipinski definition) is 4. The van der Waals surface area contributed by atoms with E-state index < -0.39 is 0 Å². The molecule has 0 aliphatic carbocycles. The van der Waals surface area contributed by atoms with E-state index in [0.717, 1.165) is 36.0 Å². The first kappa shape index (κ1) is 18.3. The van der Waals surface area contributed by atoms with Gasteiger partial charge in [0.05, 0.1) is 25.9 Å². The van der Waals surface area contributed by atoms with E-state index in [1.165, 1.54) is 0 Å². The number of benzene rings is 2. The van der Waals surface area contributed by atoms with Crippen LogP contribution in [0.15, 0.2) is 48.5 Å². The molecular weight excluding hydrogens is 346 g/mol. The molecule has 1 N–H and O–H groups in total. The molecule has 1 aliphatic heterocycles. The molecule has 0 saturated carbocycles. The second kappa shape index (κ2) is 8.27. The Hall–Kier alpha value is -2.47. The van der Waals surface area contributed by atoms with Crippen LogP contribution in [0.25, 0.3) is 0 Å². The summed E-state index contributed by atoms with van der Waals surface area (Å²) in [5.41, 5.74) is 2.07. The van der Waals surface area contributed by atoms with E-state index in [0.29, 0.717) is 11.7 Å².